The zero-order valence-electron chi connectivity index (χ0n) is 14.3. The first-order chi connectivity index (χ1) is 11.2. The van der Waals surface area contributed by atoms with Crippen LogP contribution in [0.3, 0.4) is 0 Å². The molecule has 0 spiro atoms. The van der Waals surface area contributed by atoms with Gasteiger partial charge < -0.3 is 10.2 Å². The van der Waals surface area contributed by atoms with Crippen molar-refractivity contribution in [3.63, 3.8) is 0 Å². The Morgan fingerprint density at radius 2 is 1.52 bits per heavy atom. The maximum atomic E-state index is 13.4. The molecule has 128 valence electrons. The van der Waals surface area contributed by atoms with Crippen molar-refractivity contribution in [1.82, 2.24) is 15.1 Å². The van der Waals surface area contributed by atoms with Gasteiger partial charge in [0.2, 0.25) is 5.91 Å². The largest absolute Gasteiger partial charge is 0.340 e. The van der Waals surface area contributed by atoms with Crippen LogP contribution in [-0.4, -0.2) is 61.0 Å². The zero-order valence-corrected chi connectivity index (χ0v) is 14.3. The molecule has 23 heavy (non-hydrogen) atoms. The molecule has 0 aromatic rings. The monoisotopic (exact) mass is 317 g/mol. The van der Waals surface area contributed by atoms with Gasteiger partial charge in [-0.1, -0.05) is 0 Å². The molecule has 2 saturated heterocycles. The topological polar surface area (TPSA) is 35.6 Å². The van der Waals surface area contributed by atoms with Gasteiger partial charge in [-0.3, -0.25) is 9.69 Å². The molecule has 4 heteroatoms. The smallest absolute Gasteiger partial charge is 0.228 e. The number of rotatable bonds is 2. The standard InChI is InChI=1S/C19H31N3O/c23-18(19-10-14-7-15(11-19)9-16(8-14)12-19)22-5-3-21(4-6-22)17-1-2-20-13-17/h14-17,20H,1-13H2. The minimum absolute atomic E-state index is 0.0613. The first-order valence-corrected chi connectivity index (χ1v) is 9.96. The summed E-state index contributed by atoms with van der Waals surface area (Å²) in [6.45, 7) is 6.42. The fourth-order valence-corrected chi connectivity index (χ4v) is 6.95. The van der Waals surface area contributed by atoms with Crippen LogP contribution in [0.1, 0.15) is 44.9 Å². The third kappa shape index (κ3) is 2.44. The van der Waals surface area contributed by atoms with Crippen LogP contribution < -0.4 is 5.32 Å². The zero-order chi connectivity index (χ0) is 15.4. The molecule has 4 aliphatic carbocycles. The van der Waals surface area contributed by atoms with E-state index >= 15 is 0 Å². The van der Waals surface area contributed by atoms with Gasteiger partial charge in [0, 0.05) is 38.8 Å². The number of carbonyl (C=O) groups is 1. The Hall–Kier alpha value is -0.610. The summed E-state index contributed by atoms with van der Waals surface area (Å²) < 4.78 is 0. The molecular formula is C19H31N3O. The molecule has 6 aliphatic rings. The predicted octanol–water partition coefficient (Wildman–Crippen LogP) is 1.71. The summed E-state index contributed by atoms with van der Waals surface area (Å²) in [5.74, 6) is 3.16. The summed E-state index contributed by atoms with van der Waals surface area (Å²) >= 11 is 0. The predicted molar refractivity (Wildman–Crippen MR) is 90.0 cm³/mol. The minimum Gasteiger partial charge on any atom is -0.340 e. The van der Waals surface area contributed by atoms with Crippen molar-refractivity contribution in [3.05, 3.63) is 0 Å². The van der Waals surface area contributed by atoms with Crippen LogP contribution in [0.15, 0.2) is 0 Å². The van der Waals surface area contributed by atoms with E-state index in [9.17, 15) is 4.79 Å². The molecule has 1 amide bonds. The van der Waals surface area contributed by atoms with E-state index in [2.05, 4.69) is 15.1 Å². The van der Waals surface area contributed by atoms with E-state index in [1.165, 1.54) is 44.9 Å². The highest BCUT2D eigenvalue weighted by atomic mass is 16.2. The lowest BCUT2D eigenvalue weighted by Crippen LogP contribution is -2.59. The third-order valence-corrected chi connectivity index (χ3v) is 7.64. The number of nitrogens with one attached hydrogen (secondary N) is 1. The van der Waals surface area contributed by atoms with Crippen LogP contribution in [0.25, 0.3) is 0 Å². The number of hydrogen-bond donors (Lipinski definition) is 1. The number of hydrogen-bond acceptors (Lipinski definition) is 3. The normalized spacial score (nSPS) is 46.5. The molecule has 6 rings (SSSR count). The van der Waals surface area contributed by atoms with Gasteiger partial charge in [-0.2, -0.15) is 0 Å². The SMILES string of the molecule is O=C(N1CCN(C2CCNC2)CC1)C12CC3CC(CC(C3)C1)C2. The molecule has 4 saturated carbocycles. The van der Waals surface area contributed by atoms with Crippen molar-refractivity contribution in [3.8, 4) is 0 Å². The number of carbonyl (C=O) groups excluding carboxylic acids is 1. The molecule has 0 aromatic carbocycles. The minimum atomic E-state index is 0.0613. The molecule has 2 aliphatic heterocycles. The summed E-state index contributed by atoms with van der Waals surface area (Å²) in [6, 6.07) is 0.715. The van der Waals surface area contributed by atoms with Crippen LogP contribution in [0, 0.1) is 23.2 Å². The second-order valence-corrected chi connectivity index (χ2v) is 9.17. The maximum Gasteiger partial charge on any atom is 0.228 e. The van der Waals surface area contributed by atoms with E-state index in [0.29, 0.717) is 11.9 Å². The Balaban J connectivity index is 1.25. The highest BCUT2D eigenvalue weighted by Crippen LogP contribution is 2.60. The van der Waals surface area contributed by atoms with Gasteiger partial charge in [0.1, 0.15) is 0 Å². The lowest BCUT2D eigenvalue weighted by atomic mass is 9.49. The molecule has 1 N–H and O–H groups in total. The average Bonchev–Trinajstić information content (AvgIpc) is 3.07. The lowest BCUT2D eigenvalue weighted by Gasteiger charge is -2.57. The third-order valence-electron chi connectivity index (χ3n) is 7.64. The van der Waals surface area contributed by atoms with E-state index in [-0.39, 0.29) is 5.41 Å². The quantitative estimate of drug-likeness (QED) is 0.842. The van der Waals surface area contributed by atoms with Crippen molar-refractivity contribution in [2.75, 3.05) is 39.3 Å². The van der Waals surface area contributed by atoms with Crippen molar-refractivity contribution in [2.45, 2.75) is 51.0 Å². The van der Waals surface area contributed by atoms with Gasteiger partial charge in [0.05, 0.1) is 5.41 Å². The first kappa shape index (κ1) is 14.7. The fourth-order valence-electron chi connectivity index (χ4n) is 6.95. The molecule has 4 nitrogen and oxygen atoms in total. The van der Waals surface area contributed by atoms with E-state index in [0.717, 1.165) is 57.0 Å². The Bertz CT molecular complexity index is 442. The van der Waals surface area contributed by atoms with Crippen molar-refractivity contribution in [1.29, 1.82) is 0 Å². The summed E-state index contributed by atoms with van der Waals surface area (Å²) in [5.41, 5.74) is 0.0613. The summed E-state index contributed by atoms with van der Waals surface area (Å²) in [6.07, 6.45) is 9.20. The van der Waals surface area contributed by atoms with Crippen LogP contribution in [-0.2, 0) is 4.79 Å². The first-order valence-electron chi connectivity index (χ1n) is 9.96. The van der Waals surface area contributed by atoms with Gasteiger partial charge in [-0.05, 0) is 69.2 Å². The van der Waals surface area contributed by atoms with Crippen LogP contribution in [0.4, 0.5) is 0 Å². The molecule has 2 heterocycles. The second-order valence-electron chi connectivity index (χ2n) is 9.17. The second kappa shape index (κ2) is 5.45. The molecule has 1 unspecified atom stereocenters. The van der Waals surface area contributed by atoms with Crippen molar-refractivity contribution in [2.24, 2.45) is 23.2 Å². The average molecular weight is 317 g/mol. The molecule has 6 fully saturated rings. The van der Waals surface area contributed by atoms with Crippen molar-refractivity contribution < 1.29 is 4.79 Å². The van der Waals surface area contributed by atoms with Crippen LogP contribution in [0.5, 0.6) is 0 Å². The Morgan fingerprint density at radius 3 is 2.04 bits per heavy atom. The van der Waals surface area contributed by atoms with E-state index in [1.54, 1.807) is 0 Å². The molecule has 0 aromatic heterocycles. The van der Waals surface area contributed by atoms with Crippen LogP contribution in [0.2, 0.25) is 0 Å². The summed E-state index contributed by atoms with van der Waals surface area (Å²) in [7, 11) is 0. The highest BCUT2D eigenvalue weighted by molar-refractivity contribution is 5.83. The molecule has 0 radical (unpaired) electrons. The molecule has 1 atom stereocenters. The van der Waals surface area contributed by atoms with Gasteiger partial charge >= 0.3 is 0 Å². The van der Waals surface area contributed by atoms with E-state index in [4.69, 9.17) is 0 Å². The van der Waals surface area contributed by atoms with E-state index < -0.39 is 0 Å². The molecular weight excluding hydrogens is 286 g/mol. The van der Waals surface area contributed by atoms with Gasteiger partial charge in [-0.15, -0.1) is 0 Å². The van der Waals surface area contributed by atoms with Gasteiger partial charge in [0.15, 0.2) is 0 Å². The number of nitrogens with zero attached hydrogens (tertiary/aromatic N) is 2. The Kier molecular flexibility index (Phi) is 3.49. The van der Waals surface area contributed by atoms with Gasteiger partial charge in [0.25, 0.3) is 0 Å². The number of amides is 1. The fraction of sp³-hybridized carbons (Fsp3) is 0.947. The van der Waals surface area contributed by atoms with Gasteiger partial charge in [-0.25, -0.2) is 0 Å². The van der Waals surface area contributed by atoms with E-state index in [1.807, 2.05) is 0 Å². The summed E-state index contributed by atoms with van der Waals surface area (Å²) in [5, 5.41) is 3.47. The Labute approximate surface area is 140 Å². The lowest BCUT2D eigenvalue weighted by molar-refractivity contribution is -0.159. The molecule has 4 bridgehead atoms. The number of piperazine rings is 1. The Morgan fingerprint density at radius 1 is 0.913 bits per heavy atom. The highest BCUT2D eigenvalue weighted by Gasteiger charge is 2.55. The maximum absolute atomic E-state index is 13.4. The van der Waals surface area contributed by atoms with Crippen LogP contribution >= 0.6 is 0 Å². The van der Waals surface area contributed by atoms with Crippen molar-refractivity contribution >= 4 is 5.91 Å². The summed E-state index contributed by atoms with van der Waals surface area (Å²) in [4.78, 5) is 18.2.